The van der Waals surface area contributed by atoms with Crippen LogP contribution in [0.15, 0.2) is 8.68 Å². The molecule has 0 atom stereocenters. The Morgan fingerprint density at radius 1 is 0.750 bits per heavy atom. The van der Waals surface area contributed by atoms with Gasteiger partial charge in [-0.25, -0.2) is 9.97 Å². The Morgan fingerprint density at radius 2 is 1.12 bits per heavy atom. The fourth-order valence-electron chi connectivity index (χ4n) is 0.674. The first kappa shape index (κ1) is 13.5. The Kier molecular flexibility index (Phi) is 4.95. The average molecular weight is 370 g/mol. The van der Waals surface area contributed by atoms with E-state index < -0.39 is 0 Å². The Bertz CT molecular complexity index is 425. The molecule has 0 N–H and O–H groups in total. The van der Waals surface area contributed by atoms with E-state index in [4.69, 9.17) is 46.4 Å². The van der Waals surface area contributed by atoms with Crippen molar-refractivity contribution in [1.82, 2.24) is 9.97 Å². The van der Waals surface area contributed by atoms with Gasteiger partial charge in [0.05, 0.1) is 0 Å². The molecular formula is C6Cl4N2S4. The van der Waals surface area contributed by atoms with Gasteiger partial charge in [-0.05, 0) is 21.6 Å². The largest absolute Gasteiger partial charge is 0.215 e. The minimum Gasteiger partial charge on any atom is -0.215 e. The highest BCUT2D eigenvalue weighted by Crippen LogP contribution is 2.45. The van der Waals surface area contributed by atoms with Crippen LogP contribution in [0.5, 0.6) is 0 Å². The van der Waals surface area contributed by atoms with Crippen molar-refractivity contribution in [2.45, 2.75) is 8.68 Å². The monoisotopic (exact) mass is 368 g/mol. The maximum Gasteiger partial charge on any atom is 0.164 e. The van der Waals surface area contributed by atoms with Gasteiger partial charge in [0.2, 0.25) is 0 Å². The summed E-state index contributed by atoms with van der Waals surface area (Å²) < 4.78 is 2.50. The summed E-state index contributed by atoms with van der Waals surface area (Å²) in [6.45, 7) is 0. The number of nitrogens with zero attached hydrogens (tertiary/aromatic N) is 2. The lowest BCUT2D eigenvalue weighted by atomic mass is 11.0. The van der Waals surface area contributed by atoms with Crippen LogP contribution >= 0.6 is 90.7 Å². The van der Waals surface area contributed by atoms with Crippen LogP contribution < -0.4 is 0 Å². The second-order valence-corrected chi connectivity index (χ2v) is 8.80. The molecule has 0 aromatic carbocycles. The van der Waals surface area contributed by atoms with Crippen molar-refractivity contribution < 1.29 is 0 Å². The minimum absolute atomic E-state index is 0.324. The van der Waals surface area contributed by atoms with E-state index in [1.54, 1.807) is 0 Å². The highest BCUT2D eigenvalue weighted by Gasteiger charge is 2.11. The van der Waals surface area contributed by atoms with Crippen molar-refractivity contribution in [2.24, 2.45) is 0 Å². The molecule has 2 nitrogen and oxygen atoms in total. The van der Waals surface area contributed by atoms with Crippen molar-refractivity contribution >= 4 is 90.7 Å². The molecule has 2 rings (SSSR count). The fraction of sp³-hybridized carbons (Fsp3) is 0. The van der Waals surface area contributed by atoms with Crippen LogP contribution in [0, 0.1) is 0 Å². The maximum absolute atomic E-state index is 5.79. The van der Waals surface area contributed by atoms with Gasteiger partial charge in [0.15, 0.2) is 19.0 Å². The SMILES string of the molecule is Clc1nc(SSc2nc(Cl)c(Cl)s2)sc1Cl. The fourth-order valence-corrected chi connectivity index (χ4v) is 5.96. The van der Waals surface area contributed by atoms with Gasteiger partial charge < -0.3 is 0 Å². The zero-order valence-electron chi connectivity index (χ0n) is 7.04. The lowest BCUT2D eigenvalue weighted by Crippen LogP contribution is -1.66. The van der Waals surface area contributed by atoms with Crippen molar-refractivity contribution in [1.29, 1.82) is 0 Å². The minimum atomic E-state index is 0.324. The Morgan fingerprint density at radius 3 is 1.38 bits per heavy atom. The van der Waals surface area contributed by atoms with E-state index in [0.29, 0.717) is 19.0 Å². The molecule has 0 saturated heterocycles. The molecule has 0 aliphatic rings. The van der Waals surface area contributed by atoms with Crippen LogP contribution in [0.25, 0.3) is 0 Å². The Balaban J connectivity index is 2.02. The quantitative estimate of drug-likeness (QED) is 0.618. The molecule has 0 spiro atoms. The zero-order chi connectivity index (χ0) is 11.7. The molecule has 2 aromatic heterocycles. The van der Waals surface area contributed by atoms with Gasteiger partial charge in [-0.15, -0.1) is 0 Å². The van der Waals surface area contributed by atoms with Gasteiger partial charge in [-0.2, -0.15) is 0 Å². The number of aromatic nitrogens is 2. The normalized spacial score (nSPS) is 11.0. The highest BCUT2D eigenvalue weighted by atomic mass is 35.5. The number of rotatable bonds is 3. The van der Waals surface area contributed by atoms with E-state index in [-0.39, 0.29) is 0 Å². The summed E-state index contributed by atoms with van der Waals surface area (Å²) in [6, 6.07) is 0. The molecule has 2 aromatic rings. The lowest BCUT2D eigenvalue weighted by Gasteiger charge is -1.90. The molecule has 16 heavy (non-hydrogen) atoms. The molecule has 0 saturated carbocycles. The third kappa shape index (κ3) is 3.32. The maximum atomic E-state index is 5.79. The average Bonchev–Trinajstić information content (AvgIpc) is 2.70. The molecule has 2 heterocycles. The summed E-state index contributed by atoms with van der Waals surface area (Å²) in [5.74, 6) is 0. The Hall–Kier alpha value is 1.12. The lowest BCUT2D eigenvalue weighted by molar-refractivity contribution is 1.25. The predicted molar refractivity (Wildman–Crippen MR) is 76.0 cm³/mol. The van der Waals surface area contributed by atoms with Gasteiger partial charge in [-0.1, -0.05) is 69.1 Å². The standard InChI is InChI=1S/C6Cl4N2S4/c7-1-3(9)13-5(11-1)15-16-6-12-2(8)4(10)14-6. The molecule has 0 fully saturated rings. The number of halogens is 4. The smallest absolute Gasteiger partial charge is 0.164 e. The van der Waals surface area contributed by atoms with Crippen LogP contribution in [-0.2, 0) is 0 Å². The Labute approximate surface area is 127 Å². The van der Waals surface area contributed by atoms with Gasteiger partial charge >= 0.3 is 0 Å². The molecule has 0 unspecified atom stereocenters. The van der Waals surface area contributed by atoms with Crippen LogP contribution in [0.2, 0.25) is 19.0 Å². The van der Waals surface area contributed by atoms with Gasteiger partial charge in [0, 0.05) is 0 Å². The summed E-state index contributed by atoms with van der Waals surface area (Å²) in [5, 5.41) is 0.648. The molecule has 0 bridgehead atoms. The molecular weight excluding hydrogens is 370 g/mol. The van der Waals surface area contributed by atoms with Crippen LogP contribution in [-0.4, -0.2) is 9.97 Å². The molecule has 10 heteroatoms. The molecule has 0 amide bonds. The van der Waals surface area contributed by atoms with Crippen molar-refractivity contribution in [3.8, 4) is 0 Å². The van der Waals surface area contributed by atoms with Crippen LogP contribution in [0.3, 0.4) is 0 Å². The van der Waals surface area contributed by atoms with E-state index in [0.717, 1.165) is 8.68 Å². The molecule has 0 radical (unpaired) electrons. The van der Waals surface area contributed by atoms with Gasteiger partial charge in [0.25, 0.3) is 0 Å². The summed E-state index contributed by atoms with van der Waals surface area (Å²) in [6.07, 6.45) is 0. The molecule has 0 aliphatic heterocycles. The van der Waals surface area contributed by atoms with E-state index in [1.165, 1.54) is 44.3 Å². The van der Waals surface area contributed by atoms with Gasteiger partial charge in [-0.3, -0.25) is 0 Å². The number of hydrogen-bond donors (Lipinski definition) is 0. The second-order valence-electron chi connectivity index (χ2n) is 2.26. The summed E-state index contributed by atoms with van der Waals surface area (Å²) in [7, 11) is 2.83. The van der Waals surface area contributed by atoms with E-state index in [9.17, 15) is 0 Å². The first-order chi connectivity index (χ1) is 7.56. The van der Waals surface area contributed by atoms with Crippen molar-refractivity contribution in [2.75, 3.05) is 0 Å². The summed E-state index contributed by atoms with van der Waals surface area (Å²) >= 11 is 25.7. The van der Waals surface area contributed by atoms with Gasteiger partial charge in [0.1, 0.15) is 8.67 Å². The van der Waals surface area contributed by atoms with Crippen LogP contribution in [0.1, 0.15) is 0 Å². The van der Waals surface area contributed by atoms with Crippen LogP contribution in [0.4, 0.5) is 0 Å². The van der Waals surface area contributed by atoms with Crippen molar-refractivity contribution in [3.63, 3.8) is 0 Å². The molecule has 0 aliphatic carbocycles. The summed E-state index contributed by atoms with van der Waals surface area (Å²) in [4.78, 5) is 8.12. The van der Waals surface area contributed by atoms with E-state index >= 15 is 0 Å². The first-order valence-corrected chi connectivity index (χ1v) is 8.84. The third-order valence-electron chi connectivity index (χ3n) is 1.24. The van der Waals surface area contributed by atoms with E-state index in [2.05, 4.69) is 9.97 Å². The summed E-state index contributed by atoms with van der Waals surface area (Å²) in [5.41, 5.74) is 0. The number of thiazole rings is 2. The third-order valence-corrected chi connectivity index (χ3v) is 7.69. The highest BCUT2D eigenvalue weighted by molar-refractivity contribution is 8.77. The second kappa shape index (κ2) is 5.84. The predicted octanol–water partition coefficient (Wildman–Crippen LogP) is 6.01. The number of hydrogen-bond acceptors (Lipinski definition) is 6. The van der Waals surface area contributed by atoms with E-state index in [1.807, 2.05) is 0 Å². The zero-order valence-corrected chi connectivity index (χ0v) is 13.3. The first-order valence-electron chi connectivity index (χ1n) is 3.54. The topological polar surface area (TPSA) is 25.8 Å². The molecule has 86 valence electrons. The van der Waals surface area contributed by atoms with Crippen molar-refractivity contribution in [3.05, 3.63) is 19.0 Å².